The molecule has 1 amide bonds. The molecule has 3 rings (SSSR count). The van der Waals surface area contributed by atoms with E-state index >= 15 is 0 Å². The molecule has 0 bridgehead atoms. The molecule has 1 fully saturated rings. The number of amides is 1. The normalized spacial score (nSPS) is 21.7. The molecule has 0 spiro atoms. The van der Waals surface area contributed by atoms with Gasteiger partial charge in [0, 0.05) is 42.6 Å². The Morgan fingerprint density at radius 2 is 2.27 bits per heavy atom. The molecule has 1 aliphatic rings. The lowest BCUT2D eigenvalue weighted by molar-refractivity contribution is -0.121. The molecule has 2 N–H and O–H groups in total. The zero-order valence-electron chi connectivity index (χ0n) is 12.7. The molecule has 0 aromatic carbocycles. The minimum atomic E-state index is 0.0736. The van der Waals surface area contributed by atoms with E-state index in [4.69, 9.17) is 0 Å². The van der Waals surface area contributed by atoms with Crippen LogP contribution in [-0.4, -0.2) is 36.7 Å². The average Bonchev–Trinajstić information content (AvgIpc) is 3.14. The maximum absolute atomic E-state index is 12.0. The van der Waals surface area contributed by atoms with Crippen molar-refractivity contribution in [1.82, 2.24) is 24.8 Å². The van der Waals surface area contributed by atoms with Gasteiger partial charge in [-0.05, 0) is 25.7 Å². The summed E-state index contributed by atoms with van der Waals surface area (Å²) in [5.74, 6) is 0.0736. The van der Waals surface area contributed by atoms with Gasteiger partial charge < -0.3 is 14.9 Å². The smallest absolute Gasteiger partial charge is 0.226 e. The van der Waals surface area contributed by atoms with Crippen LogP contribution >= 0.6 is 11.8 Å². The van der Waals surface area contributed by atoms with E-state index in [0.29, 0.717) is 17.7 Å². The maximum atomic E-state index is 12.0. The molecule has 7 heteroatoms. The molecule has 0 atom stereocenters. The number of nitrogens with zero attached hydrogens (tertiary/aromatic N) is 3. The van der Waals surface area contributed by atoms with Gasteiger partial charge in [-0.25, -0.2) is 9.97 Å². The Labute approximate surface area is 134 Å². The summed E-state index contributed by atoms with van der Waals surface area (Å²) in [6, 6.07) is 0.300. The number of carbonyl (C=O) groups is 1. The molecule has 2 aromatic rings. The lowest BCUT2D eigenvalue weighted by atomic mass is 9.95. The summed E-state index contributed by atoms with van der Waals surface area (Å²) >= 11 is 1.85. The van der Waals surface area contributed by atoms with Crippen molar-refractivity contribution >= 4 is 17.7 Å². The molecule has 0 unspecified atom stereocenters. The third-order valence-corrected chi connectivity index (χ3v) is 5.40. The Balaban J connectivity index is 1.42. The van der Waals surface area contributed by atoms with Crippen LogP contribution in [0.4, 0.5) is 0 Å². The Bertz CT molecular complexity index is 601. The standard InChI is InChI=1S/C15H21N5OS/c1-20-7-6-17-15(20)22-13-4-2-11(3-5-13)19-14(21)8-12-9-16-10-18-12/h6-7,9-11,13H,2-5,8H2,1H3,(H,16,18)(H,19,21). The van der Waals surface area contributed by atoms with E-state index in [1.165, 1.54) is 0 Å². The molecule has 0 saturated heterocycles. The summed E-state index contributed by atoms with van der Waals surface area (Å²) in [4.78, 5) is 23.2. The monoisotopic (exact) mass is 319 g/mol. The number of thioether (sulfide) groups is 1. The van der Waals surface area contributed by atoms with Crippen LogP contribution in [-0.2, 0) is 18.3 Å². The Morgan fingerprint density at radius 1 is 1.45 bits per heavy atom. The second-order valence-corrected chi connectivity index (χ2v) is 7.00. The van der Waals surface area contributed by atoms with Gasteiger partial charge in [0.05, 0.1) is 12.7 Å². The molecular weight excluding hydrogens is 298 g/mol. The quantitative estimate of drug-likeness (QED) is 0.882. The van der Waals surface area contributed by atoms with Crippen LogP contribution in [0.1, 0.15) is 31.4 Å². The number of hydrogen-bond donors (Lipinski definition) is 2. The van der Waals surface area contributed by atoms with Gasteiger partial charge in [0.1, 0.15) is 0 Å². The predicted octanol–water partition coefficient (Wildman–Crippen LogP) is 1.91. The van der Waals surface area contributed by atoms with Gasteiger partial charge in [0.2, 0.25) is 5.91 Å². The molecule has 6 nitrogen and oxygen atoms in total. The lowest BCUT2D eigenvalue weighted by Gasteiger charge is -2.28. The van der Waals surface area contributed by atoms with Crippen LogP contribution in [0.5, 0.6) is 0 Å². The van der Waals surface area contributed by atoms with Crippen LogP contribution < -0.4 is 5.32 Å². The van der Waals surface area contributed by atoms with Crippen molar-refractivity contribution in [3.05, 3.63) is 30.6 Å². The van der Waals surface area contributed by atoms with Crippen molar-refractivity contribution in [3.8, 4) is 0 Å². The van der Waals surface area contributed by atoms with Crippen molar-refractivity contribution in [2.75, 3.05) is 0 Å². The summed E-state index contributed by atoms with van der Waals surface area (Å²) in [7, 11) is 2.02. The van der Waals surface area contributed by atoms with Crippen LogP contribution in [0.25, 0.3) is 0 Å². The first-order chi connectivity index (χ1) is 10.7. The van der Waals surface area contributed by atoms with E-state index in [0.717, 1.165) is 36.5 Å². The number of H-pyrrole nitrogens is 1. The number of imidazole rings is 2. The van der Waals surface area contributed by atoms with Crippen LogP contribution in [0.2, 0.25) is 0 Å². The van der Waals surface area contributed by atoms with Crippen LogP contribution in [0.15, 0.2) is 30.1 Å². The first-order valence-corrected chi connectivity index (χ1v) is 8.49. The van der Waals surface area contributed by atoms with E-state index in [-0.39, 0.29) is 5.91 Å². The third kappa shape index (κ3) is 3.91. The van der Waals surface area contributed by atoms with E-state index in [1.54, 1.807) is 12.5 Å². The van der Waals surface area contributed by atoms with Gasteiger partial charge >= 0.3 is 0 Å². The molecule has 22 heavy (non-hydrogen) atoms. The lowest BCUT2D eigenvalue weighted by Crippen LogP contribution is -2.39. The van der Waals surface area contributed by atoms with Gasteiger partial charge in [-0.15, -0.1) is 0 Å². The van der Waals surface area contributed by atoms with E-state index in [2.05, 4.69) is 24.8 Å². The molecule has 1 aliphatic carbocycles. The highest BCUT2D eigenvalue weighted by molar-refractivity contribution is 7.99. The Hall–Kier alpha value is -1.76. The SMILES string of the molecule is Cn1ccnc1SC1CCC(NC(=O)Cc2cnc[nH]2)CC1. The van der Waals surface area contributed by atoms with Gasteiger partial charge in [-0.1, -0.05) is 11.8 Å². The van der Waals surface area contributed by atoms with Gasteiger partial charge in [-0.3, -0.25) is 4.79 Å². The fraction of sp³-hybridized carbons (Fsp3) is 0.533. The van der Waals surface area contributed by atoms with E-state index in [1.807, 2.05) is 31.2 Å². The number of rotatable bonds is 5. The molecule has 2 aromatic heterocycles. The Kier molecular flexibility index (Phi) is 4.82. The summed E-state index contributed by atoms with van der Waals surface area (Å²) in [5.41, 5.74) is 0.858. The number of hydrogen-bond acceptors (Lipinski definition) is 4. The molecular formula is C15H21N5OS. The fourth-order valence-electron chi connectivity index (χ4n) is 2.77. The number of aryl methyl sites for hydroxylation is 1. The summed E-state index contributed by atoms with van der Waals surface area (Å²) < 4.78 is 2.06. The topological polar surface area (TPSA) is 75.6 Å². The minimum Gasteiger partial charge on any atom is -0.353 e. The number of aromatic amines is 1. The van der Waals surface area contributed by atoms with Gasteiger partial charge in [0.15, 0.2) is 5.16 Å². The van der Waals surface area contributed by atoms with E-state index in [9.17, 15) is 4.79 Å². The van der Waals surface area contributed by atoms with Crippen molar-refractivity contribution < 1.29 is 4.79 Å². The Morgan fingerprint density at radius 3 is 2.91 bits per heavy atom. The highest BCUT2D eigenvalue weighted by Crippen LogP contribution is 2.32. The second-order valence-electron chi connectivity index (χ2n) is 5.73. The predicted molar refractivity (Wildman–Crippen MR) is 85.5 cm³/mol. The van der Waals surface area contributed by atoms with Crippen molar-refractivity contribution in [3.63, 3.8) is 0 Å². The first-order valence-electron chi connectivity index (χ1n) is 7.61. The zero-order chi connectivity index (χ0) is 15.4. The molecule has 118 valence electrons. The number of nitrogens with one attached hydrogen (secondary N) is 2. The first kappa shape index (κ1) is 15.1. The second kappa shape index (κ2) is 7.00. The number of carbonyl (C=O) groups excluding carboxylic acids is 1. The molecule has 0 aliphatic heterocycles. The molecule has 2 heterocycles. The zero-order valence-corrected chi connectivity index (χ0v) is 13.5. The van der Waals surface area contributed by atoms with Crippen LogP contribution in [0, 0.1) is 0 Å². The number of aromatic nitrogens is 4. The van der Waals surface area contributed by atoms with Crippen molar-refractivity contribution in [2.45, 2.75) is 48.6 Å². The summed E-state index contributed by atoms with van der Waals surface area (Å²) in [6.07, 6.45) is 11.8. The van der Waals surface area contributed by atoms with E-state index < -0.39 is 0 Å². The molecule has 0 radical (unpaired) electrons. The van der Waals surface area contributed by atoms with Crippen molar-refractivity contribution in [1.29, 1.82) is 0 Å². The highest BCUT2D eigenvalue weighted by atomic mass is 32.2. The maximum Gasteiger partial charge on any atom is 0.226 e. The largest absolute Gasteiger partial charge is 0.353 e. The van der Waals surface area contributed by atoms with Crippen molar-refractivity contribution in [2.24, 2.45) is 7.05 Å². The average molecular weight is 319 g/mol. The highest BCUT2D eigenvalue weighted by Gasteiger charge is 2.24. The summed E-state index contributed by atoms with van der Waals surface area (Å²) in [6.45, 7) is 0. The summed E-state index contributed by atoms with van der Waals surface area (Å²) in [5, 5.41) is 4.81. The third-order valence-electron chi connectivity index (χ3n) is 3.99. The molecule has 1 saturated carbocycles. The van der Waals surface area contributed by atoms with Gasteiger partial charge in [-0.2, -0.15) is 0 Å². The van der Waals surface area contributed by atoms with Gasteiger partial charge in [0.25, 0.3) is 0 Å². The van der Waals surface area contributed by atoms with Crippen LogP contribution in [0.3, 0.4) is 0 Å². The fourth-order valence-corrected chi connectivity index (χ4v) is 3.93. The minimum absolute atomic E-state index is 0.0736.